The second kappa shape index (κ2) is 5.67. The Hall–Kier alpha value is -1.56. The van der Waals surface area contributed by atoms with Gasteiger partial charge in [-0.25, -0.2) is 0 Å². The molecule has 7 rings (SSSR count). The molecule has 0 saturated heterocycles. The zero-order valence-electron chi connectivity index (χ0n) is 12.7. The molecule has 2 aromatic carbocycles. The second-order valence-electron chi connectivity index (χ2n) is 6.83. The SMILES string of the molecule is c1cc2ccc1CCCCCc1ccc(cc1)C1CCC21. The van der Waals surface area contributed by atoms with E-state index in [2.05, 4.69) is 48.5 Å². The topological polar surface area (TPSA) is 0 Å². The van der Waals surface area contributed by atoms with Gasteiger partial charge in [0.2, 0.25) is 0 Å². The van der Waals surface area contributed by atoms with Crippen molar-refractivity contribution in [1.82, 2.24) is 0 Å². The Morgan fingerprint density at radius 3 is 1.33 bits per heavy atom. The van der Waals surface area contributed by atoms with Crippen LogP contribution in [0.2, 0.25) is 0 Å². The molecule has 108 valence electrons. The summed E-state index contributed by atoms with van der Waals surface area (Å²) in [4.78, 5) is 0. The predicted octanol–water partition coefficient (Wildman–Crippen LogP) is 5.62. The van der Waals surface area contributed by atoms with Crippen molar-refractivity contribution in [2.24, 2.45) is 0 Å². The van der Waals surface area contributed by atoms with Crippen LogP contribution in [0.3, 0.4) is 0 Å². The van der Waals surface area contributed by atoms with Gasteiger partial charge in [0.25, 0.3) is 0 Å². The highest BCUT2D eigenvalue weighted by Gasteiger charge is 2.33. The molecule has 0 heterocycles. The van der Waals surface area contributed by atoms with Crippen molar-refractivity contribution < 1.29 is 0 Å². The van der Waals surface area contributed by atoms with E-state index in [0.717, 1.165) is 11.8 Å². The van der Waals surface area contributed by atoms with Crippen LogP contribution in [0.25, 0.3) is 0 Å². The summed E-state index contributed by atoms with van der Waals surface area (Å²) in [5.41, 5.74) is 6.14. The van der Waals surface area contributed by atoms with Crippen LogP contribution in [0.1, 0.15) is 66.2 Å². The molecule has 2 aromatic rings. The van der Waals surface area contributed by atoms with Crippen LogP contribution in [-0.2, 0) is 12.8 Å². The first-order valence-electron chi connectivity index (χ1n) is 8.58. The monoisotopic (exact) mass is 276 g/mol. The number of hydrogen-bond donors (Lipinski definition) is 0. The summed E-state index contributed by atoms with van der Waals surface area (Å²) < 4.78 is 0. The van der Waals surface area contributed by atoms with Gasteiger partial charge in [0, 0.05) is 0 Å². The molecule has 5 aliphatic carbocycles. The maximum absolute atomic E-state index is 2.39. The summed E-state index contributed by atoms with van der Waals surface area (Å²) in [7, 11) is 0. The number of benzene rings is 2. The molecule has 4 bridgehead atoms. The van der Waals surface area contributed by atoms with Crippen molar-refractivity contribution in [3.05, 3.63) is 70.8 Å². The van der Waals surface area contributed by atoms with E-state index in [9.17, 15) is 0 Å². The van der Waals surface area contributed by atoms with Crippen LogP contribution in [0.5, 0.6) is 0 Å². The first-order valence-corrected chi connectivity index (χ1v) is 8.58. The van der Waals surface area contributed by atoms with Crippen LogP contribution in [0.4, 0.5) is 0 Å². The molecule has 2 atom stereocenters. The highest BCUT2D eigenvalue weighted by molar-refractivity contribution is 5.35. The highest BCUT2D eigenvalue weighted by atomic mass is 14.4. The van der Waals surface area contributed by atoms with Gasteiger partial charge in [-0.05, 0) is 72.6 Å². The number of aryl methyl sites for hydroxylation is 2. The molecule has 0 aromatic heterocycles. The first-order chi connectivity index (χ1) is 10.4. The summed E-state index contributed by atoms with van der Waals surface area (Å²) in [6.45, 7) is 0. The van der Waals surface area contributed by atoms with Crippen molar-refractivity contribution in [2.45, 2.75) is 56.8 Å². The fourth-order valence-electron chi connectivity index (χ4n) is 4.00. The molecule has 0 radical (unpaired) electrons. The van der Waals surface area contributed by atoms with Gasteiger partial charge in [0.05, 0.1) is 0 Å². The standard InChI is InChI=1S/C21H24/c1-2-4-16-6-10-18(11-7-16)20-14-15-21(20)19-12-8-17(5-3-1)9-13-19/h6-13,20-21H,1-5,14-15H2. The molecule has 1 fully saturated rings. The normalized spacial score (nSPS) is 24.8. The Morgan fingerprint density at radius 1 is 0.524 bits per heavy atom. The zero-order chi connectivity index (χ0) is 14.1. The van der Waals surface area contributed by atoms with E-state index in [1.54, 1.807) is 11.1 Å². The van der Waals surface area contributed by atoms with E-state index in [1.165, 1.54) is 56.1 Å². The van der Waals surface area contributed by atoms with Crippen LogP contribution < -0.4 is 0 Å². The number of hydrogen-bond acceptors (Lipinski definition) is 0. The lowest BCUT2D eigenvalue weighted by Crippen LogP contribution is -2.21. The summed E-state index contributed by atoms with van der Waals surface area (Å²) in [5.74, 6) is 1.49. The molecular weight excluding hydrogens is 252 g/mol. The van der Waals surface area contributed by atoms with Crippen LogP contribution in [0.15, 0.2) is 48.5 Å². The number of rotatable bonds is 0. The third-order valence-electron chi connectivity index (χ3n) is 5.52. The van der Waals surface area contributed by atoms with Crippen molar-refractivity contribution >= 4 is 0 Å². The fraction of sp³-hybridized carbons (Fsp3) is 0.429. The Bertz CT molecular complexity index is 535. The van der Waals surface area contributed by atoms with E-state index in [1.807, 2.05) is 0 Å². The van der Waals surface area contributed by atoms with E-state index < -0.39 is 0 Å². The van der Waals surface area contributed by atoms with Crippen molar-refractivity contribution in [2.75, 3.05) is 0 Å². The Balaban J connectivity index is 1.67. The van der Waals surface area contributed by atoms with Gasteiger partial charge in [0.15, 0.2) is 0 Å². The van der Waals surface area contributed by atoms with Gasteiger partial charge in [0.1, 0.15) is 0 Å². The Kier molecular flexibility index (Phi) is 3.55. The average Bonchev–Trinajstić information content (AvgIpc) is 2.49. The molecule has 0 heteroatoms. The highest BCUT2D eigenvalue weighted by Crippen LogP contribution is 2.49. The lowest BCUT2D eigenvalue weighted by Gasteiger charge is -2.37. The molecule has 0 N–H and O–H groups in total. The summed E-state index contributed by atoms with van der Waals surface area (Å²) in [6, 6.07) is 19.0. The molecule has 5 aliphatic rings. The summed E-state index contributed by atoms with van der Waals surface area (Å²) in [6.07, 6.45) is 9.18. The maximum atomic E-state index is 2.39. The van der Waals surface area contributed by atoms with Gasteiger partial charge in [-0.2, -0.15) is 0 Å². The quantitative estimate of drug-likeness (QED) is 0.586. The fourth-order valence-corrected chi connectivity index (χ4v) is 4.00. The molecule has 21 heavy (non-hydrogen) atoms. The van der Waals surface area contributed by atoms with Gasteiger partial charge < -0.3 is 0 Å². The molecule has 0 aliphatic heterocycles. The van der Waals surface area contributed by atoms with E-state index in [4.69, 9.17) is 0 Å². The maximum Gasteiger partial charge on any atom is -0.00929 e. The lowest BCUT2D eigenvalue weighted by molar-refractivity contribution is 0.346. The summed E-state index contributed by atoms with van der Waals surface area (Å²) >= 11 is 0. The van der Waals surface area contributed by atoms with E-state index in [-0.39, 0.29) is 0 Å². The molecule has 0 amide bonds. The van der Waals surface area contributed by atoms with Crippen LogP contribution in [0, 0.1) is 0 Å². The molecule has 0 nitrogen and oxygen atoms in total. The van der Waals surface area contributed by atoms with Crippen molar-refractivity contribution in [1.29, 1.82) is 0 Å². The third kappa shape index (κ3) is 2.64. The molecule has 2 unspecified atom stereocenters. The predicted molar refractivity (Wildman–Crippen MR) is 88.9 cm³/mol. The zero-order valence-corrected chi connectivity index (χ0v) is 12.7. The third-order valence-corrected chi connectivity index (χ3v) is 5.52. The first kappa shape index (κ1) is 13.1. The largest absolute Gasteiger partial charge is 0.0588 e. The van der Waals surface area contributed by atoms with Gasteiger partial charge in [-0.15, -0.1) is 0 Å². The molecule has 1 saturated carbocycles. The van der Waals surface area contributed by atoms with E-state index in [0.29, 0.717) is 0 Å². The smallest absolute Gasteiger partial charge is 0.00929 e. The van der Waals surface area contributed by atoms with Crippen molar-refractivity contribution in [3.8, 4) is 0 Å². The van der Waals surface area contributed by atoms with Crippen LogP contribution in [-0.4, -0.2) is 0 Å². The molecule has 0 spiro atoms. The molecular formula is C21H24. The minimum atomic E-state index is 0.745. The van der Waals surface area contributed by atoms with E-state index >= 15 is 0 Å². The summed E-state index contributed by atoms with van der Waals surface area (Å²) in [5, 5.41) is 0. The lowest BCUT2D eigenvalue weighted by atomic mass is 9.67. The minimum Gasteiger partial charge on any atom is -0.0588 e. The Morgan fingerprint density at radius 2 is 0.952 bits per heavy atom. The average molecular weight is 276 g/mol. The van der Waals surface area contributed by atoms with Crippen molar-refractivity contribution in [3.63, 3.8) is 0 Å². The minimum absolute atomic E-state index is 0.745. The van der Waals surface area contributed by atoms with Crippen LogP contribution >= 0.6 is 0 Å². The second-order valence-corrected chi connectivity index (χ2v) is 6.83. The van der Waals surface area contributed by atoms with Gasteiger partial charge >= 0.3 is 0 Å². The Labute approximate surface area is 128 Å². The van der Waals surface area contributed by atoms with Gasteiger partial charge in [-0.3, -0.25) is 0 Å². The van der Waals surface area contributed by atoms with Gasteiger partial charge in [-0.1, -0.05) is 55.0 Å².